The molecule has 0 unspecified atom stereocenters. The van der Waals surface area contributed by atoms with Gasteiger partial charge >= 0.3 is 0 Å². The number of fused-ring (bicyclic) bond motifs is 1. The van der Waals surface area contributed by atoms with Crippen molar-refractivity contribution < 1.29 is 0 Å². The summed E-state index contributed by atoms with van der Waals surface area (Å²) in [5, 5.41) is 2.14. The van der Waals surface area contributed by atoms with Crippen LogP contribution in [0.3, 0.4) is 0 Å². The lowest BCUT2D eigenvalue weighted by molar-refractivity contribution is 0.996. The number of halogens is 1. The molecule has 0 radical (unpaired) electrons. The van der Waals surface area contributed by atoms with Gasteiger partial charge in [0.25, 0.3) is 0 Å². The number of nitrogens with zero attached hydrogens (tertiary/aromatic N) is 3. The number of nitrogens with two attached hydrogens (primary N) is 1. The smallest absolute Gasteiger partial charge is 0.164 e. The summed E-state index contributed by atoms with van der Waals surface area (Å²) in [5.41, 5.74) is 7.76. The number of hydrogen-bond donors (Lipinski definition) is 1. The molecule has 0 aliphatic rings. The van der Waals surface area contributed by atoms with Crippen LogP contribution in [-0.4, -0.2) is 15.0 Å². The Morgan fingerprint density at radius 2 is 1.95 bits per heavy atom. The summed E-state index contributed by atoms with van der Waals surface area (Å²) in [6.07, 6.45) is 4.41. The lowest BCUT2D eigenvalue weighted by Gasteiger charge is -2.09. The minimum Gasteiger partial charge on any atom is -0.383 e. The van der Waals surface area contributed by atoms with E-state index in [0.29, 0.717) is 11.6 Å². The molecule has 4 nitrogen and oxygen atoms in total. The lowest BCUT2D eigenvalue weighted by Crippen LogP contribution is -2.02. The average molecular weight is 329 g/mol. The third-order valence-corrected chi connectivity index (χ3v) is 4.05. The number of aryl methyl sites for hydroxylation is 1. The molecule has 0 spiro atoms. The van der Waals surface area contributed by atoms with Crippen molar-refractivity contribution in [3.05, 3.63) is 46.8 Å². The molecule has 0 amide bonds. The maximum Gasteiger partial charge on any atom is 0.164 e. The molecule has 100 valence electrons. The Kier molecular flexibility index (Phi) is 3.36. The predicted octanol–water partition coefficient (Wildman–Crippen LogP) is 3.60. The van der Waals surface area contributed by atoms with Crippen LogP contribution in [0.15, 0.2) is 41.1 Å². The second kappa shape index (κ2) is 5.17. The highest BCUT2D eigenvalue weighted by atomic mass is 79.9. The second-order valence-electron chi connectivity index (χ2n) is 4.45. The average Bonchev–Trinajstić information content (AvgIpc) is 2.49. The molecule has 0 saturated heterocycles. The van der Waals surface area contributed by atoms with Gasteiger partial charge in [0.15, 0.2) is 5.82 Å². The van der Waals surface area contributed by atoms with Gasteiger partial charge in [0.1, 0.15) is 5.82 Å². The molecule has 0 aliphatic carbocycles. The van der Waals surface area contributed by atoms with E-state index in [-0.39, 0.29) is 0 Å². The Morgan fingerprint density at radius 1 is 1.15 bits per heavy atom. The fraction of sp³-hybridized carbons (Fsp3) is 0.133. The quantitative estimate of drug-likeness (QED) is 0.780. The largest absolute Gasteiger partial charge is 0.383 e. The monoisotopic (exact) mass is 328 g/mol. The molecule has 0 aliphatic heterocycles. The van der Waals surface area contributed by atoms with Crippen LogP contribution in [0.5, 0.6) is 0 Å². The van der Waals surface area contributed by atoms with E-state index in [0.717, 1.165) is 32.9 Å². The normalized spacial score (nSPS) is 10.9. The predicted molar refractivity (Wildman–Crippen MR) is 84.3 cm³/mol. The van der Waals surface area contributed by atoms with Gasteiger partial charge in [0, 0.05) is 23.3 Å². The van der Waals surface area contributed by atoms with Crippen molar-refractivity contribution in [2.24, 2.45) is 0 Å². The fourth-order valence-electron chi connectivity index (χ4n) is 2.16. The first-order valence-corrected chi connectivity index (χ1v) is 7.15. The zero-order valence-electron chi connectivity index (χ0n) is 11.0. The first-order valence-electron chi connectivity index (χ1n) is 6.35. The number of rotatable bonds is 2. The van der Waals surface area contributed by atoms with Gasteiger partial charge in [-0.1, -0.05) is 31.2 Å². The zero-order chi connectivity index (χ0) is 14.1. The van der Waals surface area contributed by atoms with E-state index >= 15 is 0 Å². The van der Waals surface area contributed by atoms with E-state index in [2.05, 4.69) is 30.9 Å². The standard InChI is InChI=1S/C15H13BrN4/c1-2-12-13(16)14(17)20-15(19-12)11-8-18-7-9-5-3-4-6-10(9)11/h3-8H,2H2,1H3,(H2,17,19,20). The molecule has 0 saturated carbocycles. The number of nitrogen functional groups attached to an aromatic ring is 1. The van der Waals surface area contributed by atoms with Crippen LogP contribution in [0.2, 0.25) is 0 Å². The molecular formula is C15H13BrN4. The SMILES string of the molecule is CCc1nc(-c2cncc3ccccc23)nc(N)c1Br. The minimum absolute atomic E-state index is 0.458. The third kappa shape index (κ3) is 2.14. The summed E-state index contributed by atoms with van der Waals surface area (Å²) in [6, 6.07) is 8.05. The van der Waals surface area contributed by atoms with Crippen LogP contribution in [0.1, 0.15) is 12.6 Å². The van der Waals surface area contributed by atoms with E-state index in [1.54, 1.807) is 6.20 Å². The highest BCUT2D eigenvalue weighted by Gasteiger charge is 2.12. The topological polar surface area (TPSA) is 64.7 Å². The number of hydrogen-bond acceptors (Lipinski definition) is 4. The van der Waals surface area contributed by atoms with E-state index in [1.807, 2.05) is 37.4 Å². The maximum atomic E-state index is 5.96. The summed E-state index contributed by atoms with van der Waals surface area (Å²) in [7, 11) is 0. The second-order valence-corrected chi connectivity index (χ2v) is 5.25. The number of benzene rings is 1. The van der Waals surface area contributed by atoms with E-state index in [1.165, 1.54) is 0 Å². The number of anilines is 1. The molecular weight excluding hydrogens is 316 g/mol. The van der Waals surface area contributed by atoms with Crippen LogP contribution >= 0.6 is 15.9 Å². The minimum atomic E-state index is 0.458. The third-order valence-electron chi connectivity index (χ3n) is 3.19. The summed E-state index contributed by atoms with van der Waals surface area (Å²) >= 11 is 3.43. The van der Waals surface area contributed by atoms with Gasteiger partial charge in [0.05, 0.1) is 10.2 Å². The van der Waals surface area contributed by atoms with Crippen molar-refractivity contribution in [3.63, 3.8) is 0 Å². The first kappa shape index (κ1) is 13.0. The van der Waals surface area contributed by atoms with Crippen LogP contribution in [-0.2, 0) is 6.42 Å². The Balaban J connectivity index is 2.28. The van der Waals surface area contributed by atoms with Gasteiger partial charge in [-0.2, -0.15) is 0 Å². The molecule has 0 atom stereocenters. The van der Waals surface area contributed by atoms with Crippen molar-refractivity contribution in [2.75, 3.05) is 5.73 Å². The van der Waals surface area contributed by atoms with Gasteiger partial charge in [-0.25, -0.2) is 9.97 Å². The first-order chi connectivity index (χ1) is 9.70. The molecule has 5 heteroatoms. The van der Waals surface area contributed by atoms with Crippen LogP contribution in [0.25, 0.3) is 22.2 Å². The number of aromatic nitrogens is 3. The van der Waals surface area contributed by atoms with Crippen molar-refractivity contribution in [2.45, 2.75) is 13.3 Å². The molecule has 0 bridgehead atoms. The fourth-order valence-corrected chi connectivity index (χ4v) is 2.62. The van der Waals surface area contributed by atoms with Crippen molar-refractivity contribution in [1.82, 2.24) is 15.0 Å². The van der Waals surface area contributed by atoms with Crippen LogP contribution < -0.4 is 5.73 Å². The molecule has 2 aromatic heterocycles. The lowest BCUT2D eigenvalue weighted by atomic mass is 10.1. The highest BCUT2D eigenvalue weighted by molar-refractivity contribution is 9.10. The zero-order valence-corrected chi connectivity index (χ0v) is 12.6. The number of pyridine rings is 1. The van der Waals surface area contributed by atoms with Gasteiger partial charge in [-0.3, -0.25) is 4.98 Å². The summed E-state index contributed by atoms with van der Waals surface area (Å²) in [5.74, 6) is 1.08. The van der Waals surface area contributed by atoms with Gasteiger partial charge in [-0.15, -0.1) is 0 Å². The molecule has 2 N–H and O–H groups in total. The highest BCUT2D eigenvalue weighted by Crippen LogP contribution is 2.29. The van der Waals surface area contributed by atoms with E-state index in [9.17, 15) is 0 Å². The van der Waals surface area contributed by atoms with E-state index in [4.69, 9.17) is 5.73 Å². The van der Waals surface area contributed by atoms with Gasteiger partial charge in [-0.05, 0) is 27.7 Å². The van der Waals surface area contributed by atoms with Crippen molar-refractivity contribution in [1.29, 1.82) is 0 Å². The molecule has 1 aromatic carbocycles. The molecule has 20 heavy (non-hydrogen) atoms. The molecule has 3 aromatic rings. The molecule has 0 fully saturated rings. The molecule has 2 heterocycles. The van der Waals surface area contributed by atoms with Crippen molar-refractivity contribution in [3.8, 4) is 11.4 Å². The van der Waals surface area contributed by atoms with Crippen LogP contribution in [0.4, 0.5) is 5.82 Å². The summed E-state index contributed by atoms with van der Waals surface area (Å²) < 4.78 is 0.775. The maximum absolute atomic E-state index is 5.96. The summed E-state index contributed by atoms with van der Waals surface area (Å²) in [6.45, 7) is 2.04. The Morgan fingerprint density at radius 3 is 2.75 bits per heavy atom. The van der Waals surface area contributed by atoms with Crippen LogP contribution in [0, 0.1) is 0 Å². The van der Waals surface area contributed by atoms with Crippen molar-refractivity contribution >= 4 is 32.5 Å². The molecule has 3 rings (SSSR count). The van der Waals surface area contributed by atoms with E-state index < -0.39 is 0 Å². The van der Waals surface area contributed by atoms with Gasteiger partial charge in [0.2, 0.25) is 0 Å². The Bertz CT molecular complexity index is 781. The van der Waals surface area contributed by atoms with Gasteiger partial charge < -0.3 is 5.73 Å². The summed E-state index contributed by atoms with van der Waals surface area (Å²) in [4.78, 5) is 13.2. The Labute approximate surface area is 125 Å². The Hall–Kier alpha value is -2.01.